The Bertz CT molecular complexity index is 480. The van der Waals surface area contributed by atoms with Crippen LogP contribution in [0.2, 0.25) is 0 Å². The fourth-order valence-corrected chi connectivity index (χ4v) is 1.34. The van der Waals surface area contributed by atoms with Gasteiger partial charge in [0.05, 0.1) is 4.47 Å². The second kappa shape index (κ2) is 2.81. The summed E-state index contributed by atoms with van der Waals surface area (Å²) in [5, 5.41) is 8.71. The minimum atomic E-state index is -1.07. The maximum Gasteiger partial charge on any atom is 0.358 e. The van der Waals surface area contributed by atoms with E-state index in [1.54, 1.807) is 10.6 Å². The molecule has 0 bridgehead atoms. The maximum absolute atomic E-state index is 10.6. The van der Waals surface area contributed by atoms with Gasteiger partial charge in [-0.2, -0.15) is 0 Å². The molecule has 0 aliphatic carbocycles. The number of hydrogen-bond acceptors (Lipinski definition) is 3. The Labute approximate surface area is 81.2 Å². The minimum absolute atomic E-state index is 0.0347. The average molecular weight is 242 g/mol. The molecule has 2 heterocycles. The largest absolute Gasteiger partial charge is 0.476 e. The van der Waals surface area contributed by atoms with Gasteiger partial charge in [-0.25, -0.2) is 14.8 Å². The lowest BCUT2D eigenvalue weighted by atomic mass is 10.4. The van der Waals surface area contributed by atoms with E-state index in [9.17, 15) is 4.79 Å². The van der Waals surface area contributed by atoms with Crippen molar-refractivity contribution in [2.45, 2.75) is 0 Å². The van der Waals surface area contributed by atoms with Crippen molar-refractivity contribution in [3.05, 3.63) is 28.9 Å². The summed E-state index contributed by atoms with van der Waals surface area (Å²) in [6.07, 6.45) is 4.64. The third kappa shape index (κ3) is 1.29. The molecule has 2 aromatic rings. The highest BCUT2D eigenvalue weighted by molar-refractivity contribution is 9.10. The van der Waals surface area contributed by atoms with Crippen molar-refractivity contribution in [1.82, 2.24) is 14.4 Å². The molecule has 0 atom stereocenters. The maximum atomic E-state index is 10.6. The zero-order valence-corrected chi connectivity index (χ0v) is 7.89. The smallest absolute Gasteiger partial charge is 0.358 e. The molecule has 0 aromatic carbocycles. The lowest BCUT2D eigenvalue weighted by molar-refractivity contribution is 0.0693. The van der Waals surface area contributed by atoms with Crippen LogP contribution in [0.15, 0.2) is 23.2 Å². The van der Waals surface area contributed by atoms with Crippen LogP contribution in [0.4, 0.5) is 0 Å². The van der Waals surface area contributed by atoms with E-state index in [1.807, 2.05) is 0 Å². The van der Waals surface area contributed by atoms with Crippen LogP contribution in [0.3, 0.4) is 0 Å². The zero-order chi connectivity index (χ0) is 9.42. The van der Waals surface area contributed by atoms with Gasteiger partial charge in [0, 0.05) is 12.4 Å². The monoisotopic (exact) mass is 241 g/mol. The van der Waals surface area contributed by atoms with Crippen LogP contribution >= 0.6 is 15.9 Å². The normalized spacial score (nSPS) is 10.5. The van der Waals surface area contributed by atoms with Gasteiger partial charge in [-0.1, -0.05) is 0 Å². The fourth-order valence-electron chi connectivity index (χ4n) is 1.02. The molecule has 0 aliphatic rings. The van der Waals surface area contributed by atoms with Gasteiger partial charge >= 0.3 is 5.97 Å². The number of carboxylic acids is 1. The summed E-state index contributed by atoms with van der Waals surface area (Å²) in [4.78, 5) is 18.3. The number of aromatic carboxylic acids is 1. The molecule has 0 unspecified atom stereocenters. The Morgan fingerprint density at radius 3 is 3.00 bits per heavy atom. The van der Waals surface area contributed by atoms with E-state index < -0.39 is 5.97 Å². The average Bonchev–Trinajstić information content (AvgIpc) is 2.46. The number of carbonyl (C=O) groups is 1. The van der Waals surface area contributed by atoms with Crippen molar-refractivity contribution in [3.8, 4) is 0 Å². The molecule has 0 aliphatic heterocycles. The van der Waals surface area contributed by atoms with E-state index in [2.05, 4.69) is 25.9 Å². The Morgan fingerprint density at radius 1 is 1.54 bits per heavy atom. The van der Waals surface area contributed by atoms with Gasteiger partial charge in [0.15, 0.2) is 11.3 Å². The number of aromatic nitrogens is 3. The van der Waals surface area contributed by atoms with Gasteiger partial charge in [-0.15, -0.1) is 0 Å². The van der Waals surface area contributed by atoms with Crippen molar-refractivity contribution in [2.24, 2.45) is 0 Å². The Hall–Kier alpha value is -1.43. The summed E-state index contributed by atoms with van der Waals surface area (Å²) < 4.78 is 2.32. The van der Waals surface area contributed by atoms with Crippen LogP contribution in [0.1, 0.15) is 10.5 Å². The van der Waals surface area contributed by atoms with Crippen molar-refractivity contribution in [3.63, 3.8) is 0 Å². The molecule has 0 amide bonds. The first-order valence-corrected chi connectivity index (χ1v) is 4.19. The van der Waals surface area contributed by atoms with Crippen LogP contribution in [0, 0.1) is 0 Å². The molecule has 2 rings (SSSR count). The molecule has 0 saturated heterocycles. The predicted molar refractivity (Wildman–Crippen MR) is 47.6 cm³/mol. The molecule has 66 valence electrons. The van der Waals surface area contributed by atoms with Crippen molar-refractivity contribution in [1.29, 1.82) is 0 Å². The number of carboxylic acid groups (broad SMARTS) is 1. The summed E-state index contributed by atoms with van der Waals surface area (Å²) in [6.45, 7) is 0. The van der Waals surface area contributed by atoms with E-state index in [4.69, 9.17) is 5.11 Å². The van der Waals surface area contributed by atoms with Gasteiger partial charge in [0.1, 0.15) is 6.33 Å². The lowest BCUT2D eigenvalue weighted by Gasteiger charge is -1.93. The third-order valence-corrected chi connectivity index (χ3v) is 1.95. The molecule has 13 heavy (non-hydrogen) atoms. The number of rotatable bonds is 1. The topological polar surface area (TPSA) is 67.5 Å². The van der Waals surface area contributed by atoms with E-state index >= 15 is 0 Å². The Kier molecular flexibility index (Phi) is 1.77. The highest BCUT2D eigenvalue weighted by Crippen LogP contribution is 2.11. The molecular weight excluding hydrogens is 238 g/mol. The molecule has 6 heteroatoms. The number of imidazole rings is 1. The van der Waals surface area contributed by atoms with Gasteiger partial charge in [0.25, 0.3) is 0 Å². The van der Waals surface area contributed by atoms with Gasteiger partial charge in [-0.05, 0) is 15.9 Å². The summed E-state index contributed by atoms with van der Waals surface area (Å²) >= 11 is 3.22. The first-order chi connectivity index (χ1) is 6.18. The van der Waals surface area contributed by atoms with Crippen molar-refractivity contribution in [2.75, 3.05) is 0 Å². The summed E-state index contributed by atoms with van der Waals surface area (Å²) in [5.74, 6) is -1.07. The molecule has 2 aromatic heterocycles. The minimum Gasteiger partial charge on any atom is -0.476 e. The summed E-state index contributed by atoms with van der Waals surface area (Å²) in [7, 11) is 0. The van der Waals surface area contributed by atoms with Gasteiger partial charge < -0.3 is 5.11 Å². The molecular formula is C7H4BrN3O2. The molecule has 0 spiro atoms. The van der Waals surface area contributed by atoms with Crippen molar-refractivity contribution >= 4 is 27.5 Å². The highest BCUT2D eigenvalue weighted by Gasteiger charge is 2.12. The standard InChI is InChI=1S/C7H4BrN3O2/c8-4-1-9-6-5(7(12)13)10-3-11(6)2-4/h1-3H,(H,12,13). The number of nitrogens with zero attached hydrogens (tertiary/aromatic N) is 3. The van der Waals surface area contributed by atoms with E-state index in [-0.39, 0.29) is 5.69 Å². The zero-order valence-electron chi connectivity index (χ0n) is 6.31. The molecule has 0 fully saturated rings. The van der Waals surface area contributed by atoms with Crippen LogP contribution in [-0.2, 0) is 0 Å². The van der Waals surface area contributed by atoms with Crippen LogP contribution in [-0.4, -0.2) is 25.4 Å². The molecule has 0 radical (unpaired) electrons. The molecule has 5 nitrogen and oxygen atoms in total. The van der Waals surface area contributed by atoms with Crippen LogP contribution in [0.25, 0.3) is 5.65 Å². The Balaban J connectivity index is 2.76. The van der Waals surface area contributed by atoms with E-state index in [0.717, 1.165) is 4.47 Å². The van der Waals surface area contributed by atoms with E-state index in [1.165, 1.54) is 12.5 Å². The fraction of sp³-hybridized carbons (Fsp3) is 0. The highest BCUT2D eigenvalue weighted by atomic mass is 79.9. The lowest BCUT2D eigenvalue weighted by Crippen LogP contribution is -1.98. The summed E-state index contributed by atoms with van der Waals surface area (Å²) in [6, 6.07) is 0. The predicted octanol–water partition coefficient (Wildman–Crippen LogP) is 1.19. The SMILES string of the molecule is O=C(O)c1ncn2cc(Br)cnc12. The summed E-state index contributed by atoms with van der Waals surface area (Å²) in [5.41, 5.74) is 0.309. The molecule has 1 N–H and O–H groups in total. The van der Waals surface area contributed by atoms with E-state index in [0.29, 0.717) is 5.65 Å². The second-order valence-corrected chi connectivity index (χ2v) is 3.32. The van der Waals surface area contributed by atoms with Crippen molar-refractivity contribution < 1.29 is 9.90 Å². The van der Waals surface area contributed by atoms with Gasteiger partial charge in [-0.3, -0.25) is 4.40 Å². The quantitative estimate of drug-likeness (QED) is 0.815. The number of hydrogen-bond donors (Lipinski definition) is 1. The van der Waals surface area contributed by atoms with Gasteiger partial charge in [0.2, 0.25) is 0 Å². The first-order valence-electron chi connectivity index (χ1n) is 3.40. The Morgan fingerprint density at radius 2 is 2.31 bits per heavy atom. The van der Waals surface area contributed by atoms with Crippen LogP contribution in [0.5, 0.6) is 0 Å². The third-order valence-electron chi connectivity index (χ3n) is 1.54. The molecule has 0 saturated carbocycles. The number of halogens is 1. The number of fused-ring (bicyclic) bond motifs is 1. The second-order valence-electron chi connectivity index (χ2n) is 2.40. The first kappa shape index (κ1) is 8.18. The van der Waals surface area contributed by atoms with Crippen LogP contribution < -0.4 is 0 Å².